The number of pyridine rings is 1. The maximum atomic E-state index is 12.7. The van der Waals surface area contributed by atoms with Crippen LogP contribution in [0.5, 0.6) is 0 Å². The second-order valence-electron chi connectivity index (χ2n) is 6.79. The Bertz CT molecular complexity index is 481. The maximum Gasteiger partial charge on any atom is 0.255 e. The van der Waals surface area contributed by atoms with E-state index < -0.39 is 0 Å². The summed E-state index contributed by atoms with van der Waals surface area (Å²) in [6.45, 7) is 14.4. The second-order valence-corrected chi connectivity index (χ2v) is 6.79. The molecule has 0 aliphatic heterocycles. The van der Waals surface area contributed by atoms with Crippen LogP contribution in [0.3, 0.4) is 0 Å². The van der Waals surface area contributed by atoms with Crippen LogP contribution in [0.4, 0.5) is 0 Å². The molecule has 3 heteroatoms. The topological polar surface area (TPSA) is 34.0 Å². The summed E-state index contributed by atoms with van der Waals surface area (Å²) in [6.07, 6.45) is 2.32. The number of aromatic nitrogens is 1. The van der Waals surface area contributed by atoms with Gasteiger partial charge in [0.05, 0.1) is 0 Å². The summed E-state index contributed by atoms with van der Waals surface area (Å²) >= 11 is 0. The highest BCUT2D eigenvalue weighted by Crippen LogP contribution is 2.23. The lowest BCUT2D eigenvalue weighted by Gasteiger charge is -2.27. The third kappa shape index (κ3) is 4.20. The van der Waals surface area contributed by atoms with Crippen LogP contribution in [-0.2, 0) is 12.0 Å². The van der Waals surface area contributed by atoms with Crippen LogP contribution in [0.1, 0.15) is 71.7 Å². The molecule has 0 fully saturated rings. The van der Waals surface area contributed by atoms with E-state index in [1.54, 1.807) is 0 Å². The SMILES string of the molecule is CCCCNCc1ccc(C(C)(C)C)n(C(C)C)c1=O. The number of unbranched alkanes of at least 4 members (excludes halogenated alkanes) is 1. The Morgan fingerprint density at radius 3 is 2.40 bits per heavy atom. The minimum atomic E-state index is -0.0163. The fourth-order valence-corrected chi connectivity index (χ4v) is 2.38. The van der Waals surface area contributed by atoms with E-state index in [4.69, 9.17) is 0 Å². The van der Waals surface area contributed by atoms with Gasteiger partial charge >= 0.3 is 0 Å². The highest BCUT2D eigenvalue weighted by Gasteiger charge is 2.21. The lowest BCUT2D eigenvalue weighted by atomic mass is 9.90. The van der Waals surface area contributed by atoms with E-state index in [0.29, 0.717) is 6.54 Å². The van der Waals surface area contributed by atoms with Gasteiger partial charge in [-0.15, -0.1) is 0 Å². The zero-order valence-electron chi connectivity index (χ0n) is 13.9. The van der Waals surface area contributed by atoms with E-state index in [0.717, 1.165) is 24.2 Å². The average molecular weight is 278 g/mol. The minimum Gasteiger partial charge on any atom is -0.312 e. The van der Waals surface area contributed by atoms with Gasteiger partial charge in [-0.3, -0.25) is 4.79 Å². The van der Waals surface area contributed by atoms with Crippen molar-refractivity contribution in [3.63, 3.8) is 0 Å². The molecule has 0 aliphatic rings. The Balaban J connectivity index is 3.07. The van der Waals surface area contributed by atoms with Gasteiger partial charge in [-0.05, 0) is 32.9 Å². The molecule has 0 bridgehead atoms. The minimum absolute atomic E-state index is 0.0163. The van der Waals surface area contributed by atoms with Crippen LogP contribution in [-0.4, -0.2) is 11.1 Å². The highest BCUT2D eigenvalue weighted by molar-refractivity contribution is 5.22. The Morgan fingerprint density at radius 2 is 1.90 bits per heavy atom. The summed E-state index contributed by atoms with van der Waals surface area (Å²) in [5, 5.41) is 3.35. The monoisotopic (exact) mass is 278 g/mol. The fraction of sp³-hybridized carbons (Fsp3) is 0.706. The molecule has 1 aromatic heterocycles. The quantitative estimate of drug-likeness (QED) is 0.806. The number of hydrogen-bond donors (Lipinski definition) is 1. The molecule has 0 aromatic carbocycles. The molecule has 0 amide bonds. The fourth-order valence-electron chi connectivity index (χ4n) is 2.38. The first-order chi connectivity index (χ1) is 9.29. The van der Waals surface area contributed by atoms with Gasteiger partial charge in [0.1, 0.15) is 0 Å². The lowest BCUT2D eigenvalue weighted by Crippen LogP contribution is -2.34. The van der Waals surface area contributed by atoms with Crippen LogP contribution in [0.15, 0.2) is 16.9 Å². The average Bonchev–Trinajstić information content (AvgIpc) is 2.34. The Kier molecular flexibility index (Phi) is 6.00. The van der Waals surface area contributed by atoms with Gasteiger partial charge in [-0.2, -0.15) is 0 Å². The molecule has 0 saturated carbocycles. The number of hydrogen-bond acceptors (Lipinski definition) is 2. The molecular weight excluding hydrogens is 248 g/mol. The maximum absolute atomic E-state index is 12.7. The van der Waals surface area contributed by atoms with Gasteiger partial charge in [0.25, 0.3) is 5.56 Å². The summed E-state index contributed by atoms with van der Waals surface area (Å²) in [7, 11) is 0. The lowest BCUT2D eigenvalue weighted by molar-refractivity contribution is 0.463. The predicted octanol–water partition coefficient (Wildman–Crippen LogP) is 3.62. The van der Waals surface area contributed by atoms with Gasteiger partial charge in [-0.25, -0.2) is 0 Å². The molecule has 0 aliphatic carbocycles. The van der Waals surface area contributed by atoms with Crippen molar-refractivity contribution in [3.05, 3.63) is 33.7 Å². The van der Waals surface area contributed by atoms with E-state index in [-0.39, 0.29) is 17.0 Å². The largest absolute Gasteiger partial charge is 0.312 e. The van der Waals surface area contributed by atoms with Gasteiger partial charge in [0.2, 0.25) is 0 Å². The van der Waals surface area contributed by atoms with Crippen molar-refractivity contribution in [3.8, 4) is 0 Å². The zero-order chi connectivity index (χ0) is 15.3. The first kappa shape index (κ1) is 17.0. The molecule has 1 N–H and O–H groups in total. The molecule has 1 rings (SSSR count). The highest BCUT2D eigenvalue weighted by atomic mass is 16.1. The Morgan fingerprint density at radius 1 is 1.25 bits per heavy atom. The van der Waals surface area contributed by atoms with Crippen LogP contribution in [0.25, 0.3) is 0 Å². The summed E-state index contributed by atoms with van der Waals surface area (Å²) in [4.78, 5) is 12.7. The molecule has 1 aromatic rings. The molecule has 3 nitrogen and oxygen atoms in total. The first-order valence-electron chi connectivity index (χ1n) is 7.74. The van der Waals surface area contributed by atoms with Crippen molar-refractivity contribution in [2.75, 3.05) is 6.54 Å². The first-order valence-corrected chi connectivity index (χ1v) is 7.74. The van der Waals surface area contributed by atoms with E-state index in [1.807, 2.05) is 10.6 Å². The van der Waals surface area contributed by atoms with Crippen molar-refractivity contribution in [1.29, 1.82) is 0 Å². The zero-order valence-corrected chi connectivity index (χ0v) is 13.9. The van der Waals surface area contributed by atoms with Crippen molar-refractivity contribution in [2.45, 2.75) is 72.4 Å². The third-order valence-corrected chi connectivity index (χ3v) is 3.50. The molecule has 0 saturated heterocycles. The molecule has 0 atom stereocenters. The van der Waals surface area contributed by atoms with Crippen LogP contribution in [0, 0.1) is 0 Å². The third-order valence-electron chi connectivity index (χ3n) is 3.50. The molecule has 0 spiro atoms. The number of nitrogens with zero attached hydrogens (tertiary/aromatic N) is 1. The molecule has 114 valence electrons. The van der Waals surface area contributed by atoms with Crippen LogP contribution >= 0.6 is 0 Å². The van der Waals surface area contributed by atoms with Crippen molar-refractivity contribution < 1.29 is 0 Å². The van der Waals surface area contributed by atoms with Gasteiger partial charge < -0.3 is 9.88 Å². The van der Waals surface area contributed by atoms with E-state index in [1.165, 1.54) is 6.42 Å². The molecule has 1 heterocycles. The van der Waals surface area contributed by atoms with Crippen molar-refractivity contribution in [1.82, 2.24) is 9.88 Å². The van der Waals surface area contributed by atoms with E-state index in [2.05, 4.69) is 52.9 Å². The standard InChI is InChI=1S/C17H30N2O/c1-7-8-11-18-12-14-9-10-15(17(4,5)6)19(13(2)3)16(14)20/h9-10,13,18H,7-8,11-12H2,1-6H3. The molecule has 0 radical (unpaired) electrons. The summed E-state index contributed by atoms with van der Waals surface area (Å²) in [5.74, 6) is 0. The van der Waals surface area contributed by atoms with Crippen LogP contribution < -0.4 is 10.9 Å². The molecular formula is C17H30N2O. The van der Waals surface area contributed by atoms with Gasteiger partial charge in [0.15, 0.2) is 0 Å². The van der Waals surface area contributed by atoms with Gasteiger partial charge in [0, 0.05) is 29.3 Å². The summed E-state index contributed by atoms with van der Waals surface area (Å²) in [5.41, 5.74) is 2.10. The Labute approximate surface area is 123 Å². The Hall–Kier alpha value is -1.09. The van der Waals surface area contributed by atoms with Crippen molar-refractivity contribution >= 4 is 0 Å². The second kappa shape index (κ2) is 7.07. The van der Waals surface area contributed by atoms with Crippen LogP contribution in [0.2, 0.25) is 0 Å². The van der Waals surface area contributed by atoms with Gasteiger partial charge in [-0.1, -0.05) is 40.2 Å². The normalized spacial score (nSPS) is 12.2. The van der Waals surface area contributed by atoms with E-state index >= 15 is 0 Å². The molecule has 20 heavy (non-hydrogen) atoms. The van der Waals surface area contributed by atoms with E-state index in [9.17, 15) is 4.79 Å². The molecule has 0 unspecified atom stereocenters. The predicted molar refractivity (Wildman–Crippen MR) is 86.4 cm³/mol. The number of rotatable bonds is 6. The smallest absolute Gasteiger partial charge is 0.255 e. The summed E-state index contributed by atoms with van der Waals surface area (Å²) in [6, 6.07) is 4.28. The van der Waals surface area contributed by atoms with Crippen molar-refractivity contribution in [2.24, 2.45) is 0 Å². The summed E-state index contributed by atoms with van der Waals surface area (Å²) < 4.78 is 1.94. The number of nitrogens with one attached hydrogen (secondary N) is 1.